The number of anilines is 1. The molecular weight excluding hydrogens is 548 g/mol. The van der Waals surface area contributed by atoms with Crippen molar-refractivity contribution >= 4 is 38.3 Å². The fourth-order valence-electron chi connectivity index (χ4n) is 7.05. The summed E-state index contributed by atoms with van der Waals surface area (Å²) in [4.78, 5) is 31.6. The minimum absolute atomic E-state index is 0.0377. The molecule has 3 aliphatic rings. The quantitative estimate of drug-likeness (QED) is 0.476. The molecule has 2 fully saturated rings. The molecule has 42 heavy (non-hydrogen) atoms. The lowest BCUT2D eigenvalue weighted by Crippen LogP contribution is -2.55. The first-order chi connectivity index (χ1) is 20.1. The van der Waals surface area contributed by atoms with Crippen LogP contribution in [-0.2, 0) is 31.4 Å². The predicted octanol–water partition coefficient (Wildman–Crippen LogP) is 3.55. The molecule has 0 aliphatic carbocycles. The zero-order valence-electron chi connectivity index (χ0n) is 24.5. The van der Waals surface area contributed by atoms with E-state index in [9.17, 15) is 18.0 Å². The van der Waals surface area contributed by atoms with Crippen molar-refractivity contribution in [2.24, 2.45) is 5.92 Å². The summed E-state index contributed by atoms with van der Waals surface area (Å²) in [5.74, 6) is -0.190. The summed E-state index contributed by atoms with van der Waals surface area (Å²) < 4.78 is 26.7. The van der Waals surface area contributed by atoms with Gasteiger partial charge in [-0.1, -0.05) is 60.7 Å². The van der Waals surface area contributed by atoms with Gasteiger partial charge in [-0.25, -0.2) is 8.42 Å². The van der Waals surface area contributed by atoms with Gasteiger partial charge in [-0.3, -0.25) is 13.9 Å². The number of hydrogen-bond donors (Lipinski definition) is 1. The van der Waals surface area contributed by atoms with Crippen LogP contribution in [0.1, 0.15) is 36.8 Å². The van der Waals surface area contributed by atoms with Crippen molar-refractivity contribution in [3.8, 4) is 0 Å². The summed E-state index contributed by atoms with van der Waals surface area (Å²) >= 11 is 0. The Kier molecular flexibility index (Phi) is 7.74. The van der Waals surface area contributed by atoms with E-state index in [1.807, 2.05) is 47.4 Å². The number of nitrogens with zero attached hydrogens (tertiary/aromatic N) is 3. The van der Waals surface area contributed by atoms with E-state index in [0.717, 1.165) is 53.5 Å². The molecule has 1 unspecified atom stereocenters. The maximum absolute atomic E-state index is 14.1. The van der Waals surface area contributed by atoms with E-state index in [0.29, 0.717) is 38.9 Å². The molecule has 0 bridgehead atoms. The highest BCUT2D eigenvalue weighted by Gasteiger charge is 2.48. The van der Waals surface area contributed by atoms with E-state index in [1.165, 1.54) is 10.6 Å². The van der Waals surface area contributed by atoms with Gasteiger partial charge in [0, 0.05) is 37.4 Å². The second-order valence-corrected chi connectivity index (χ2v) is 14.3. The summed E-state index contributed by atoms with van der Waals surface area (Å²) in [6, 6.07) is 21.5. The van der Waals surface area contributed by atoms with Gasteiger partial charge in [-0.2, -0.15) is 0 Å². The minimum atomic E-state index is -3.41. The first-order valence-electron chi connectivity index (χ1n) is 15.0. The van der Waals surface area contributed by atoms with Crippen LogP contribution >= 0.6 is 0 Å². The average molecular weight is 589 g/mol. The molecule has 0 radical (unpaired) electrons. The number of benzene rings is 3. The molecule has 222 valence electrons. The maximum Gasteiger partial charge on any atom is 0.245 e. The third kappa shape index (κ3) is 5.64. The molecular formula is C33H40N4O4S. The van der Waals surface area contributed by atoms with Crippen LogP contribution in [0.15, 0.2) is 66.7 Å². The summed E-state index contributed by atoms with van der Waals surface area (Å²) in [5, 5.41) is 5.41. The number of likely N-dealkylation sites (tertiary alicyclic amines) is 2. The number of hydrogen-bond acceptors (Lipinski definition) is 5. The smallest absolute Gasteiger partial charge is 0.245 e. The van der Waals surface area contributed by atoms with Gasteiger partial charge in [-0.15, -0.1) is 0 Å². The number of rotatable bonds is 6. The topological polar surface area (TPSA) is 90.0 Å². The van der Waals surface area contributed by atoms with Crippen LogP contribution in [-0.4, -0.2) is 82.1 Å². The van der Waals surface area contributed by atoms with Crippen LogP contribution in [0.2, 0.25) is 0 Å². The Morgan fingerprint density at radius 3 is 2.31 bits per heavy atom. The summed E-state index contributed by atoms with van der Waals surface area (Å²) in [6.45, 7) is 3.19. The van der Waals surface area contributed by atoms with E-state index in [1.54, 1.807) is 0 Å². The summed E-state index contributed by atoms with van der Waals surface area (Å²) in [6.07, 6.45) is 4.62. The average Bonchev–Trinajstić information content (AvgIpc) is 3.31. The highest BCUT2D eigenvalue weighted by molar-refractivity contribution is 7.92. The summed E-state index contributed by atoms with van der Waals surface area (Å²) in [7, 11) is -1.34. The third-order valence-corrected chi connectivity index (χ3v) is 10.7. The van der Waals surface area contributed by atoms with Crippen molar-refractivity contribution in [2.75, 3.05) is 50.3 Å². The van der Waals surface area contributed by atoms with Gasteiger partial charge in [0.1, 0.15) is 6.04 Å². The van der Waals surface area contributed by atoms with Crippen LogP contribution in [0.25, 0.3) is 10.8 Å². The fraction of sp³-hybridized carbons (Fsp3) is 0.455. The first-order valence-corrected chi connectivity index (χ1v) is 16.8. The Bertz CT molecular complexity index is 1590. The standard InChI is InChI=1S/C33H40N4O4S/c1-35-17-13-26(14-18-35)31(38)34-29(22-24-11-12-25-7-3-4-8-27(25)21-24)32(39)36-19-15-33(16-20-36)23-37(42(2,40)41)30-10-6-5-9-28(30)33/h3-12,21,26,29H,13-20,22-23H2,1-2H3,(H,34,38). The van der Waals surface area contributed by atoms with Gasteiger partial charge < -0.3 is 15.1 Å². The SMILES string of the molecule is CN1CCC(C(=O)NC(Cc2ccc3ccccc3c2)C(=O)N2CCC3(CC2)CN(S(C)(=O)=O)c2ccccc23)CC1. The van der Waals surface area contributed by atoms with Crippen LogP contribution < -0.4 is 9.62 Å². The lowest BCUT2D eigenvalue weighted by Gasteiger charge is -2.41. The molecule has 0 aromatic heterocycles. The van der Waals surface area contributed by atoms with E-state index in [-0.39, 0.29) is 23.1 Å². The monoisotopic (exact) mass is 588 g/mol. The lowest BCUT2D eigenvalue weighted by atomic mass is 9.74. The van der Waals surface area contributed by atoms with Crippen LogP contribution in [0.4, 0.5) is 5.69 Å². The van der Waals surface area contributed by atoms with Gasteiger partial charge in [0.05, 0.1) is 11.9 Å². The molecule has 8 nitrogen and oxygen atoms in total. The minimum Gasteiger partial charge on any atom is -0.344 e. The molecule has 3 aliphatic heterocycles. The highest BCUT2D eigenvalue weighted by atomic mass is 32.2. The molecule has 0 saturated carbocycles. The molecule has 1 spiro atoms. The number of carbonyl (C=O) groups excluding carboxylic acids is 2. The van der Waals surface area contributed by atoms with Crippen molar-refractivity contribution in [1.29, 1.82) is 0 Å². The number of amides is 2. The Labute approximate surface area is 248 Å². The maximum atomic E-state index is 14.1. The fourth-order valence-corrected chi connectivity index (χ4v) is 8.04. The Morgan fingerprint density at radius 2 is 1.60 bits per heavy atom. The Balaban J connectivity index is 1.21. The van der Waals surface area contributed by atoms with Gasteiger partial charge >= 0.3 is 0 Å². The zero-order valence-corrected chi connectivity index (χ0v) is 25.3. The number of carbonyl (C=O) groups is 2. The second-order valence-electron chi connectivity index (χ2n) is 12.4. The molecule has 1 N–H and O–H groups in total. The van der Waals surface area contributed by atoms with Crippen LogP contribution in [0.3, 0.4) is 0 Å². The lowest BCUT2D eigenvalue weighted by molar-refractivity contribution is -0.139. The third-order valence-electron chi connectivity index (χ3n) is 9.58. The van der Waals surface area contributed by atoms with Crippen molar-refractivity contribution in [1.82, 2.24) is 15.1 Å². The largest absolute Gasteiger partial charge is 0.344 e. The normalized spacial score (nSPS) is 20.0. The van der Waals surface area contributed by atoms with Crippen molar-refractivity contribution in [3.05, 3.63) is 77.9 Å². The molecule has 9 heteroatoms. The number of para-hydroxylation sites is 1. The number of sulfonamides is 1. The Morgan fingerprint density at radius 1 is 0.929 bits per heavy atom. The van der Waals surface area contributed by atoms with E-state index >= 15 is 0 Å². The molecule has 3 aromatic carbocycles. The predicted molar refractivity (Wildman–Crippen MR) is 166 cm³/mol. The number of nitrogens with one attached hydrogen (secondary N) is 1. The molecule has 2 saturated heterocycles. The van der Waals surface area contributed by atoms with E-state index < -0.39 is 16.1 Å². The zero-order chi connectivity index (χ0) is 29.5. The van der Waals surface area contributed by atoms with E-state index in [4.69, 9.17) is 0 Å². The van der Waals surface area contributed by atoms with Gasteiger partial charge in [0.25, 0.3) is 0 Å². The van der Waals surface area contributed by atoms with Gasteiger partial charge in [0.2, 0.25) is 21.8 Å². The van der Waals surface area contributed by atoms with Gasteiger partial charge in [0.15, 0.2) is 0 Å². The molecule has 1 atom stereocenters. The Hall–Kier alpha value is -3.43. The van der Waals surface area contributed by atoms with Crippen molar-refractivity contribution in [2.45, 2.75) is 43.6 Å². The number of fused-ring (bicyclic) bond motifs is 3. The van der Waals surface area contributed by atoms with Gasteiger partial charge in [-0.05, 0) is 73.8 Å². The molecule has 2 amide bonds. The van der Waals surface area contributed by atoms with Crippen LogP contribution in [0, 0.1) is 5.92 Å². The molecule has 3 aromatic rings. The molecule has 3 heterocycles. The summed E-state index contributed by atoms with van der Waals surface area (Å²) in [5.41, 5.74) is 2.49. The van der Waals surface area contributed by atoms with Crippen molar-refractivity contribution < 1.29 is 18.0 Å². The highest BCUT2D eigenvalue weighted by Crippen LogP contribution is 2.47. The second kappa shape index (κ2) is 11.3. The van der Waals surface area contributed by atoms with Crippen LogP contribution in [0.5, 0.6) is 0 Å². The van der Waals surface area contributed by atoms with E-state index in [2.05, 4.69) is 41.5 Å². The van der Waals surface area contributed by atoms with Crippen molar-refractivity contribution in [3.63, 3.8) is 0 Å². The first kappa shape index (κ1) is 28.7. The molecule has 6 rings (SSSR count). The number of piperidine rings is 2.